The van der Waals surface area contributed by atoms with E-state index in [4.69, 9.17) is 5.84 Å². The lowest BCUT2D eigenvalue weighted by Crippen LogP contribution is -2.46. The summed E-state index contributed by atoms with van der Waals surface area (Å²) in [6.07, 6.45) is 11.0. The Balaban J connectivity index is 1.67. The molecular weight excluding hydrogens is 218 g/mol. The van der Waals surface area contributed by atoms with Gasteiger partial charge in [-0.25, -0.2) is 5.84 Å². The van der Waals surface area contributed by atoms with Crippen LogP contribution in [0.4, 0.5) is 0 Å². The molecule has 3 N–H and O–H groups in total. The van der Waals surface area contributed by atoms with Crippen LogP contribution in [0.3, 0.4) is 0 Å². The minimum Gasteiger partial charge on any atom is -0.302 e. The summed E-state index contributed by atoms with van der Waals surface area (Å²) in [7, 11) is 0. The van der Waals surface area contributed by atoms with Gasteiger partial charge in [-0.2, -0.15) is 0 Å². The summed E-state index contributed by atoms with van der Waals surface area (Å²) >= 11 is 1.72. The Morgan fingerprint density at radius 3 is 2.19 bits per heavy atom. The highest BCUT2D eigenvalue weighted by Crippen LogP contribution is 2.64. The number of allylic oxidation sites excluding steroid dienone is 1. The van der Waals surface area contributed by atoms with Crippen LogP contribution < -0.4 is 11.3 Å². The van der Waals surface area contributed by atoms with Crippen molar-refractivity contribution in [2.75, 3.05) is 0 Å². The third-order valence-electron chi connectivity index (χ3n) is 5.08. The van der Waals surface area contributed by atoms with Crippen LogP contribution in [-0.4, -0.2) is 4.52 Å². The van der Waals surface area contributed by atoms with E-state index in [0.717, 1.165) is 17.8 Å². The molecule has 16 heavy (non-hydrogen) atoms. The molecule has 0 atom stereocenters. The Labute approximate surface area is 101 Å². The Kier molecular flexibility index (Phi) is 1.95. The highest BCUT2D eigenvalue weighted by Gasteiger charge is 2.53. The highest BCUT2D eigenvalue weighted by atomic mass is 32.2. The van der Waals surface area contributed by atoms with Gasteiger partial charge in [-0.15, -0.1) is 0 Å². The van der Waals surface area contributed by atoms with Crippen molar-refractivity contribution >= 4 is 11.9 Å². The van der Waals surface area contributed by atoms with Crippen LogP contribution in [0.1, 0.15) is 38.5 Å². The molecule has 4 aliphatic carbocycles. The van der Waals surface area contributed by atoms with E-state index in [1.807, 2.05) is 0 Å². The molecule has 5 aliphatic rings. The lowest BCUT2D eigenvalue weighted by atomic mass is 9.49. The van der Waals surface area contributed by atoms with Gasteiger partial charge in [0.05, 0.1) is 0 Å². The number of rotatable bonds is 1. The van der Waals surface area contributed by atoms with Gasteiger partial charge >= 0.3 is 0 Å². The molecule has 1 heterocycles. The van der Waals surface area contributed by atoms with Gasteiger partial charge < -0.3 is 5.43 Å². The molecule has 4 fully saturated rings. The number of hydrogen-bond donors (Lipinski definition) is 2. The van der Waals surface area contributed by atoms with Crippen LogP contribution in [0.2, 0.25) is 0 Å². The van der Waals surface area contributed by atoms with Gasteiger partial charge in [0, 0.05) is 16.5 Å². The van der Waals surface area contributed by atoms with Gasteiger partial charge in [-0.3, -0.25) is 0 Å². The summed E-state index contributed by atoms with van der Waals surface area (Å²) in [5.74, 6) is 8.82. The maximum Gasteiger partial charge on any atom is 0.0271 e. The van der Waals surface area contributed by atoms with Crippen molar-refractivity contribution < 1.29 is 0 Å². The SMILES string of the molecule is NN1NC=C(C23CC4CC(CC(C4)C2)C3)S1. The normalized spacial score (nSPS) is 50.6. The number of hydrogen-bond acceptors (Lipinski definition) is 4. The van der Waals surface area contributed by atoms with Gasteiger partial charge in [-0.1, -0.05) is 4.52 Å². The molecule has 0 aromatic heterocycles. The molecular formula is C12H19N3S. The minimum absolute atomic E-state index is 0.501. The zero-order valence-electron chi connectivity index (χ0n) is 9.48. The number of nitrogens with zero attached hydrogens (tertiary/aromatic N) is 1. The van der Waals surface area contributed by atoms with E-state index in [1.165, 1.54) is 43.4 Å². The largest absolute Gasteiger partial charge is 0.302 e. The molecule has 0 radical (unpaired) electrons. The minimum atomic E-state index is 0.501. The molecule has 0 aromatic carbocycles. The van der Waals surface area contributed by atoms with Crippen molar-refractivity contribution in [2.45, 2.75) is 38.5 Å². The molecule has 4 heteroatoms. The first-order valence-corrected chi connectivity index (χ1v) is 7.20. The molecule has 88 valence electrons. The lowest BCUT2D eigenvalue weighted by Gasteiger charge is -2.57. The Bertz CT molecular complexity index is 317. The fraction of sp³-hybridized carbons (Fsp3) is 0.833. The second kappa shape index (κ2) is 3.18. The summed E-state index contributed by atoms with van der Waals surface area (Å²) in [5, 5.41) is 0. The van der Waals surface area contributed by atoms with Crippen molar-refractivity contribution in [2.24, 2.45) is 29.0 Å². The van der Waals surface area contributed by atoms with Gasteiger partial charge in [0.15, 0.2) is 0 Å². The molecule has 0 amide bonds. The highest BCUT2D eigenvalue weighted by molar-refractivity contribution is 8.01. The topological polar surface area (TPSA) is 41.3 Å². The Morgan fingerprint density at radius 2 is 1.75 bits per heavy atom. The molecule has 0 aromatic rings. The fourth-order valence-corrected chi connectivity index (χ4v) is 5.81. The Hall–Kier alpha value is -0.190. The monoisotopic (exact) mass is 237 g/mol. The predicted octanol–water partition coefficient (Wildman–Crippen LogP) is 2.39. The first-order chi connectivity index (χ1) is 7.73. The molecule has 0 spiro atoms. The van der Waals surface area contributed by atoms with E-state index in [0.29, 0.717) is 5.41 Å². The maximum atomic E-state index is 5.78. The quantitative estimate of drug-likeness (QED) is 0.543. The number of hydrazine groups is 2. The van der Waals surface area contributed by atoms with E-state index < -0.39 is 0 Å². The van der Waals surface area contributed by atoms with Crippen LogP contribution in [0.25, 0.3) is 0 Å². The second-order valence-corrected chi connectivity index (χ2v) is 7.27. The third kappa shape index (κ3) is 1.30. The number of nitrogens with two attached hydrogens (primary N) is 1. The maximum absolute atomic E-state index is 5.78. The molecule has 4 saturated carbocycles. The van der Waals surface area contributed by atoms with Crippen molar-refractivity contribution in [3.05, 3.63) is 11.1 Å². The third-order valence-corrected chi connectivity index (χ3v) is 6.13. The van der Waals surface area contributed by atoms with Gasteiger partial charge in [-0.05, 0) is 68.2 Å². The van der Waals surface area contributed by atoms with Crippen LogP contribution in [0.5, 0.6) is 0 Å². The standard InChI is InChI=1S/C12H19N3S/c13-15-14-7-11(16-15)12-4-8-1-9(5-12)3-10(2-8)6-12/h7-10,14H,1-6,13H2. The summed E-state index contributed by atoms with van der Waals surface area (Å²) in [4.78, 5) is 1.51. The first kappa shape index (κ1) is 9.80. The van der Waals surface area contributed by atoms with E-state index >= 15 is 0 Å². The van der Waals surface area contributed by atoms with Crippen LogP contribution in [0.15, 0.2) is 11.1 Å². The Morgan fingerprint density at radius 1 is 1.19 bits per heavy atom. The average Bonchev–Trinajstić information content (AvgIpc) is 2.63. The smallest absolute Gasteiger partial charge is 0.0271 e. The van der Waals surface area contributed by atoms with E-state index in [-0.39, 0.29) is 0 Å². The average molecular weight is 237 g/mol. The van der Waals surface area contributed by atoms with Gasteiger partial charge in [0.25, 0.3) is 0 Å². The second-order valence-electron chi connectivity index (χ2n) is 6.25. The fourth-order valence-electron chi connectivity index (χ4n) is 4.94. The molecule has 4 bridgehead atoms. The zero-order valence-corrected chi connectivity index (χ0v) is 10.3. The van der Waals surface area contributed by atoms with Crippen LogP contribution in [-0.2, 0) is 0 Å². The summed E-state index contributed by atoms with van der Waals surface area (Å²) in [6.45, 7) is 0. The summed E-state index contributed by atoms with van der Waals surface area (Å²) < 4.78 is 1.65. The van der Waals surface area contributed by atoms with Gasteiger partial charge in [0.2, 0.25) is 0 Å². The first-order valence-electron chi connectivity index (χ1n) is 6.43. The molecule has 3 nitrogen and oxygen atoms in total. The van der Waals surface area contributed by atoms with Crippen LogP contribution in [0, 0.1) is 23.2 Å². The summed E-state index contributed by atoms with van der Waals surface area (Å²) in [5.41, 5.74) is 3.61. The van der Waals surface area contributed by atoms with E-state index in [2.05, 4.69) is 11.6 Å². The predicted molar refractivity (Wildman–Crippen MR) is 65.4 cm³/mol. The van der Waals surface area contributed by atoms with Crippen molar-refractivity contribution in [1.82, 2.24) is 9.95 Å². The zero-order chi connectivity index (χ0) is 10.8. The van der Waals surface area contributed by atoms with Crippen molar-refractivity contribution in [1.29, 1.82) is 0 Å². The molecule has 1 aliphatic heterocycles. The van der Waals surface area contributed by atoms with Gasteiger partial charge in [0.1, 0.15) is 0 Å². The van der Waals surface area contributed by atoms with Crippen molar-refractivity contribution in [3.63, 3.8) is 0 Å². The lowest BCUT2D eigenvalue weighted by molar-refractivity contribution is -0.0258. The number of nitrogens with one attached hydrogen (secondary N) is 1. The van der Waals surface area contributed by atoms with E-state index in [1.54, 1.807) is 16.5 Å². The molecule has 0 saturated heterocycles. The van der Waals surface area contributed by atoms with Crippen LogP contribution >= 0.6 is 11.9 Å². The summed E-state index contributed by atoms with van der Waals surface area (Å²) in [6, 6.07) is 0. The van der Waals surface area contributed by atoms with Crippen molar-refractivity contribution in [3.8, 4) is 0 Å². The van der Waals surface area contributed by atoms with E-state index in [9.17, 15) is 0 Å². The molecule has 0 unspecified atom stereocenters. The molecule has 5 rings (SSSR count).